The van der Waals surface area contributed by atoms with Crippen molar-refractivity contribution in [2.75, 3.05) is 0 Å². The zero-order valence-electron chi connectivity index (χ0n) is 7.37. The minimum atomic E-state index is 0.718. The van der Waals surface area contributed by atoms with Gasteiger partial charge in [0.1, 0.15) is 5.76 Å². The maximum atomic E-state index is 5.10. The van der Waals surface area contributed by atoms with E-state index in [2.05, 4.69) is 38.4 Å². The van der Waals surface area contributed by atoms with E-state index >= 15 is 0 Å². The summed E-state index contributed by atoms with van der Waals surface area (Å²) in [4.78, 5) is 5.14. The van der Waals surface area contributed by atoms with Crippen LogP contribution in [0.3, 0.4) is 0 Å². The maximum absolute atomic E-state index is 5.10. The molecule has 0 aliphatic heterocycles. The Morgan fingerprint density at radius 3 is 3.00 bits per heavy atom. The van der Waals surface area contributed by atoms with Gasteiger partial charge in [0.15, 0.2) is 6.39 Å². The van der Waals surface area contributed by atoms with E-state index in [4.69, 9.17) is 4.42 Å². The van der Waals surface area contributed by atoms with Crippen molar-refractivity contribution in [3.05, 3.63) is 39.1 Å². The molecule has 0 unspecified atom stereocenters. The summed E-state index contributed by atoms with van der Waals surface area (Å²) in [5, 5.41) is 3.27. The summed E-state index contributed by atoms with van der Waals surface area (Å²) >= 11 is 5.16. The number of hydrogen-bond acceptors (Lipinski definition) is 4. The lowest BCUT2D eigenvalue weighted by atomic mass is 10.4. The molecule has 0 radical (unpaired) electrons. The van der Waals surface area contributed by atoms with Gasteiger partial charge in [0.25, 0.3) is 0 Å². The molecule has 0 spiro atoms. The second kappa shape index (κ2) is 4.72. The van der Waals surface area contributed by atoms with Gasteiger partial charge in [-0.25, -0.2) is 4.98 Å². The van der Waals surface area contributed by atoms with Crippen molar-refractivity contribution < 1.29 is 4.42 Å². The number of nitrogens with zero attached hydrogens (tertiary/aromatic N) is 1. The average Bonchev–Trinajstić information content (AvgIpc) is 2.77. The lowest BCUT2D eigenvalue weighted by Crippen LogP contribution is -2.10. The summed E-state index contributed by atoms with van der Waals surface area (Å²) in [5.41, 5.74) is 0. The van der Waals surface area contributed by atoms with E-state index in [1.165, 1.54) is 11.3 Å². The molecule has 5 heteroatoms. The molecule has 2 heterocycles. The Morgan fingerprint density at radius 2 is 2.36 bits per heavy atom. The second-order valence-corrected chi connectivity index (χ2v) is 5.32. The zero-order chi connectivity index (χ0) is 9.80. The number of oxazole rings is 1. The number of halogens is 1. The lowest BCUT2D eigenvalue weighted by molar-refractivity contribution is 0.479. The summed E-state index contributed by atoms with van der Waals surface area (Å²) in [6, 6.07) is 4.15. The molecule has 74 valence electrons. The number of hydrogen-bond donors (Lipinski definition) is 1. The van der Waals surface area contributed by atoms with Crippen molar-refractivity contribution in [2.45, 2.75) is 13.1 Å². The summed E-state index contributed by atoms with van der Waals surface area (Å²) in [6.45, 7) is 1.58. The second-order valence-electron chi connectivity index (χ2n) is 2.78. The molecule has 2 rings (SSSR count). The van der Waals surface area contributed by atoms with Gasteiger partial charge in [-0.3, -0.25) is 0 Å². The summed E-state index contributed by atoms with van der Waals surface area (Å²) in [5.74, 6) is 0.862. The Kier molecular flexibility index (Phi) is 3.34. The number of rotatable bonds is 4. The standard InChI is InChI=1S/C9H9BrN2OS/c10-9-2-1-8(14-9)5-11-3-7-4-12-6-13-7/h1-2,4,6,11H,3,5H2. The fraction of sp³-hybridized carbons (Fsp3) is 0.222. The van der Waals surface area contributed by atoms with Crippen LogP contribution in [0.25, 0.3) is 0 Å². The first-order valence-corrected chi connectivity index (χ1v) is 5.78. The van der Waals surface area contributed by atoms with Gasteiger partial charge >= 0.3 is 0 Å². The third-order valence-corrected chi connectivity index (χ3v) is 3.33. The molecule has 0 saturated heterocycles. The first kappa shape index (κ1) is 9.89. The van der Waals surface area contributed by atoms with Crippen LogP contribution < -0.4 is 5.32 Å². The molecular formula is C9H9BrN2OS. The van der Waals surface area contributed by atoms with Crippen molar-refractivity contribution in [3.63, 3.8) is 0 Å². The van der Waals surface area contributed by atoms with Crippen LogP contribution in [-0.4, -0.2) is 4.98 Å². The monoisotopic (exact) mass is 272 g/mol. The van der Waals surface area contributed by atoms with Crippen LogP contribution in [0.5, 0.6) is 0 Å². The Balaban J connectivity index is 1.78. The highest BCUT2D eigenvalue weighted by atomic mass is 79.9. The molecule has 3 nitrogen and oxygen atoms in total. The van der Waals surface area contributed by atoms with Gasteiger partial charge in [0.05, 0.1) is 16.5 Å². The van der Waals surface area contributed by atoms with E-state index in [0.29, 0.717) is 0 Å². The lowest BCUT2D eigenvalue weighted by Gasteiger charge is -1.98. The van der Waals surface area contributed by atoms with E-state index in [9.17, 15) is 0 Å². The van der Waals surface area contributed by atoms with Gasteiger partial charge in [-0.1, -0.05) is 0 Å². The number of aromatic nitrogens is 1. The van der Waals surface area contributed by atoms with Crippen LogP contribution in [0.15, 0.2) is 32.9 Å². The molecule has 0 amide bonds. The van der Waals surface area contributed by atoms with Crippen molar-refractivity contribution >= 4 is 27.3 Å². The van der Waals surface area contributed by atoms with Crippen molar-refractivity contribution in [2.24, 2.45) is 0 Å². The van der Waals surface area contributed by atoms with Crippen LogP contribution >= 0.6 is 27.3 Å². The van der Waals surface area contributed by atoms with Gasteiger partial charge in [0, 0.05) is 11.4 Å². The Hall–Kier alpha value is -0.650. The van der Waals surface area contributed by atoms with Crippen molar-refractivity contribution in [3.8, 4) is 0 Å². The van der Waals surface area contributed by atoms with Gasteiger partial charge in [-0.15, -0.1) is 11.3 Å². The van der Waals surface area contributed by atoms with Crippen LogP contribution in [0.4, 0.5) is 0 Å². The van der Waals surface area contributed by atoms with Crippen LogP contribution in [-0.2, 0) is 13.1 Å². The molecule has 0 atom stereocenters. The van der Waals surface area contributed by atoms with Gasteiger partial charge in [0.2, 0.25) is 0 Å². The maximum Gasteiger partial charge on any atom is 0.180 e. The molecule has 2 aromatic rings. The topological polar surface area (TPSA) is 38.1 Å². The summed E-state index contributed by atoms with van der Waals surface area (Å²) < 4.78 is 6.26. The molecule has 0 aromatic carbocycles. The molecule has 0 aliphatic rings. The summed E-state index contributed by atoms with van der Waals surface area (Å²) in [6.07, 6.45) is 3.16. The van der Waals surface area contributed by atoms with E-state index in [1.807, 2.05) is 0 Å². The van der Waals surface area contributed by atoms with Gasteiger partial charge in [-0.05, 0) is 28.1 Å². The fourth-order valence-corrected chi connectivity index (χ4v) is 2.54. The molecule has 1 N–H and O–H groups in total. The molecule has 0 saturated carbocycles. The molecule has 0 aliphatic carbocycles. The van der Waals surface area contributed by atoms with Crippen LogP contribution in [0.1, 0.15) is 10.6 Å². The molecule has 0 fully saturated rings. The van der Waals surface area contributed by atoms with Gasteiger partial charge < -0.3 is 9.73 Å². The molecule has 14 heavy (non-hydrogen) atoms. The molecular weight excluding hydrogens is 264 g/mol. The van der Waals surface area contributed by atoms with Crippen molar-refractivity contribution in [1.82, 2.24) is 10.3 Å². The minimum Gasteiger partial charge on any atom is -0.447 e. The predicted molar refractivity (Wildman–Crippen MR) is 59.1 cm³/mol. The van der Waals surface area contributed by atoms with Crippen LogP contribution in [0.2, 0.25) is 0 Å². The molecule has 0 bridgehead atoms. The predicted octanol–water partition coefficient (Wildman–Crippen LogP) is 2.79. The third kappa shape index (κ3) is 2.67. The SMILES string of the molecule is Brc1ccc(CNCc2cnco2)s1. The van der Waals surface area contributed by atoms with Gasteiger partial charge in [-0.2, -0.15) is 0 Å². The average molecular weight is 273 g/mol. The number of thiophene rings is 1. The first-order chi connectivity index (χ1) is 6.84. The van der Waals surface area contributed by atoms with E-state index in [-0.39, 0.29) is 0 Å². The summed E-state index contributed by atoms with van der Waals surface area (Å²) in [7, 11) is 0. The largest absolute Gasteiger partial charge is 0.447 e. The Morgan fingerprint density at radius 1 is 1.43 bits per heavy atom. The highest BCUT2D eigenvalue weighted by Crippen LogP contribution is 2.21. The first-order valence-electron chi connectivity index (χ1n) is 4.17. The Labute approximate surface area is 94.3 Å². The van der Waals surface area contributed by atoms with E-state index < -0.39 is 0 Å². The third-order valence-electron chi connectivity index (χ3n) is 1.71. The van der Waals surface area contributed by atoms with E-state index in [0.717, 1.165) is 22.6 Å². The molecule has 2 aromatic heterocycles. The van der Waals surface area contributed by atoms with Crippen molar-refractivity contribution in [1.29, 1.82) is 0 Å². The van der Waals surface area contributed by atoms with E-state index in [1.54, 1.807) is 17.5 Å². The highest BCUT2D eigenvalue weighted by Gasteiger charge is 1.98. The minimum absolute atomic E-state index is 0.718. The highest BCUT2D eigenvalue weighted by molar-refractivity contribution is 9.11. The Bertz CT molecular complexity index is 385. The smallest absolute Gasteiger partial charge is 0.180 e. The zero-order valence-corrected chi connectivity index (χ0v) is 9.77. The normalized spacial score (nSPS) is 10.6. The van der Waals surface area contributed by atoms with Crippen LogP contribution in [0, 0.1) is 0 Å². The number of nitrogens with one attached hydrogen (secondary N) is 1. The quantitative estimate of drug-likeness (QED) is 0.930. The fourth-order valence-electron chi connectivity index (χ4n) is 1.09.